The monoisotopic (exact) mass is 222 g/mol. The molecule has 1 rings (SSSR count). The first kappa shape index (κ1) is 15.2. The number of hydrogen-bond acceptors (Lipinski definition) is 1. The van der Waals surface area contributed by atoms with Crippen LogP contribution in [-0.4, -0.2) is 13.2 Å². The zero-order valence-corrected chi connectivity index (χ0v) is 11.3. The van der Waals surface area contributed by atoms with Gasteiger partial charge in [0.1, 0.15) is 0 Å². The van der Waals surface area contributed by atoms with Crippen molar-refractivity contribution in [1.82, 2.24) is 0 Å². The summed E-state index contributed by atoms with van der Waals surface area (Å²) in [5.74, 6) is 0. The Morgan fingerprint density at radius 3 is 1.75 bits per heavy atom. The lowest BCUT2D eigenvalue weighted by Gasteiger charge is -1.95. The van der Waals surface area contributed by atoms with Gasteiger partial charge in [0, 0.05) is 13.2 Å². The summed E-state index contributed by atoms with van der Waals surface area (Å²) in [5.41, 5.74) is 2.76. The number of rotatable bonds is 5. The molecule has 1 heteroatoms. The Morgan fingerprint density at radius 2 is 1.38 bits per heavy atom. The minimum atomic E-state index is 0.924. The molecule has 1 aromatic carbocycles. The lowest BCUT2D eigenvalue weighted by molar-refractivity contribution is 0.135. The highest BCUT2D eigenvalue weighted by Gasteiger charge is 1.84. The van der Waals surface area contributed by atoms with Crippen molar-refractivity contribution < 1.29 is 4.74 Å². The third-order valence-corrected chi connectivity index (χ3v) is 2.23. The first-order chi connectivity index (χ1) is 7.74. The minimum Gasteiger partial charge on any atom is -0.381 e. The molecule has 0 saturated carbocycles. The molecule has 0 aliphatic heterocycles. The standard InChI is InChI=1S/C9H12.C6H14O/c1-3-9-6-4-8(2)5-7-9;1-3-5-7-6-4-2/h4-7H,3H2,1-2H3;3-6H2,1-2H3. The maximum Gasteiger partial charge on any atom is 0.0463 e. The molecule has 0 aromatic heterocycles. The molecular formula is C15H26O. The van der Waals surface area contributed by atoms with Gasteiger partial charge >= 0.3 is 0 Å². The van der Waals surface area contributed by atoms with Gasteiger partial charge in [0.25, 0.3) is 0 Å². The highest BCUT2D eigenvalue weighted by molar-refractivity contribution is 5.20. The van der Waals surface area contributed by atoms with E-state index in [-0.39, 0.29) is 0 Å². The largest absolute Gasteiger partial charge is 0.381 e. The van der Waals surface area contributed by atoms with Crippen molar-refractivity contribution in [1.29, 1.82) is 0 Å². The average Bonchev–Trinajstić information content (AvgIpc) is 2.32. The van der Waals surface area contributed by atoms with Gasteiger partial charge in [-0.25, -0.2) is 0 Å². The molecule has 0 aliphatic carbocycles. The van der Waals surface area contributed by atoms with E-state index < -0.39 is 0 Å². The fraction of sp³-hybridized carbons (Fsp3) is 0.600. The first-order valence-corrected chi connectivity index (χ1v) is 6.37. The normalized spacial score (nSPS) is 9.50. The molecule has 0 fully saturated rings. The van der Waals surface area contributed by atoms with Gasteiger partial charge in [-0.2, -0.15) is 0 Å². The van der Waals surface area contributed by atoms with Gasteiger partial charge in [0.05, 0.1) is 0 Å². The van der Waals surface area contributed by atoms with Crippen LogP contribution in [0.5, 0.6) is 0 Å². The third-order valence-electron chi connectivity index (χ3n) is 2.23. The van der Waals surface area contributed by atoms with Crippen LogP contribution >= 0.6 is 0 Å². The van der Waals surface area contributed by atoms with E-state index in [2.05, 4.69) is 52.0 Å². The summed E-state index contributed by atoms with van der Waals surface area (Å²) in [4.78, 5) is 0. The van der Waals surface area contributed by atoms with Crippen molar-refractivity contribution in [2.75, 3.05) is 13.2 Å². The molecule has 16 heavy (non-hydrogen) atoms. The molecular weight excluding hydrogens is 196 g/mol. The topological polar surface area (TPSA) is 9.23 Å². The Hall–Kier alpha value is -0.820. The van der Waals surface area contributed by atoms with Crippen molar-refractivity contribution in [3.8, 4) is 0 Å². The lowest BCUT2D eigenvalue weighted by atomic mass is 10.1. The maximum atomic E-state index is 5.13. The van der Waals surface area contributed by atoms with Crippen LogP contribution in [0.4, 0.5) is 0 Å². The van der Waals surface area contributed by atoms with Gasteiger partial charge in [-0.3, -0.25) is 0 Å². The molecule has 1 nitrogen and oxygen atoms in total. The smallest absolute Gasteiger partial charge is 0.0463 e. The predicted octanol–water partition coefficient (Wildman–Crippen LogP) is 4.38. The molecule has 0 saturated heterocycles. The van der Waals surface area contributed by atoms with Crippen molar-refractivity contribution in [3.63, 3.8) is 0 Å². The molecule has 0 spiro atoms. The molecule has 0 unspecified atom stereocenters. The lowest BCUT2D eigenvalue weighted by Crippen LogP contribution is -1.92. The van der Waals surface area contributed by atoms with E-state index in [9.17, 15) is 0 Å². The number of ether oxygens (including phenoxy) is 1. The van der Waals surface area contributed by atoms with E-state index >= 15 is 0 Å². The Bertz CT molecular complexity index is 234. The van der Waals surface area contributed by atoms with Crippen LogP contribution in [0.3, 0.4) is 0 Å². The van der Waals surface area contributed by atoms with E-state index in [0.717, 1.165) is 32.5 Å². The van der Waals surface area contributed by atoms with Crippen molar-refractivity contribution in [2.45, 2.75) is 47.0 Å². The van der Waals surface area contributed by atoms with Crippen LogP contribution in [0, 0.1) is 6.92 Å². The van der Waals surface area contributed by atoms with Crippen LogP contribution in [-0.2, 0) is 11.2 Å². The summed E-state index contributed by atoms with van der Waals surface area (Å²) in [6.45, 7) is 10.4. The quantitative estimate of drug-likeness (QED) is 0.672. The van der Waals surface area contributed by atoms with Gasteiger partial charge in [0.2, 0.25) is 0 Å². The predicted molar refractivity (Wildman–Crippen MR) is 72.0 cm³/mol. The van der Waals surface area contributed by atoms with Gasteiger partial charge in [-0.1, -0.05) is 50.6 Å². The SMILES string of the molecule is CCCOCCC.CCc1ccc(C)cc1. The maximum absolute atomic E-state index is 5.13. The highest BCUT2D eigenvalue weighted by Crippen LogP contribution is 2.02. The number of aryl methyl sites for hydroxylation is 2. The molecule has 0 N–H and O–H groups in total. The number of hydrogen-bond donors (Lipinski definition) is 0. The van der Waals surface area contributed by atoms with Gasteiger partial charge < -0.3 is 4.74 Å². The van der Waals surface area contributed by atoms with E-state index in [4.69, 9.17) is 4.74 Å². The zero-order valence-electron chi connectivity index (χ0n) is 11.3. The van der Waals surface area contributed by atoms with Crippen LogP contribution in [0.2, 0.25) is 0 Å². The van der Waals surface area contributed by atoms with Gasteiger partial charge in [0.15, 0.2) is 0 Å². The number of benzene rings is 1. The second kappa shape index (κ2) is 10.7. The van der Waals surface area contributed by atoms with Crippen LogP contribution < -0.4 is 0 Å². The molecule has 0 aliphatic rings. The van der Waals surface area contributed by atoms with Crippen molar-refractivity contribution in [3.05, 3.63) is 35.4 Å². The summed E-state index contributed by atoms with van der Waals surface area (Å²) >= 11 is 0. The molecule has 0 atom stereocenters. The Kier molecular flexibility index (Phi) is 10.1. The minimum absolute atomic E-state index is 0.924. The molecule has 0 amide bonds. The molecule has 92 valence electrons. The zero-order chi connectivity index (χ0) is 12.2. The van der Waals surface area contributed by atoms with Crippen molar-refractivity contribution in [2.24, 2.45) is 0 Å². The average molecular weight is 222 g/mol. The van der Waals surface area contributed by atoms with Crippen molar-refractivity contribution >= 4 is 0 Å². The van der Waals surface area contributed by atoms with Gasteiger partial charge in [-0.15, -0.1) is 0 Å². The summed E-state index contributed by atoms with van der Waals surface area (Å²) < 4.78 is 5.13. The van der Waals surface area contributed by atoms with E-state index in [1.54, 1.807) is 0 Å². The second-order valence-corrected chi connectivity index (χ2v) is 3.95. The molecule has 0 heterocycles. The Balaban J connectivity index is 0.000000293. The highest BCUT2D eigenvalue weighted by atomic mass is 16.5. The molecule has 0 radical (unpaired) electrons. The third kappa shape index (κ3) is 8.49. The van der Waals surface area contributed by atoms with Crippen LogP contribution in [0.15, 0.2) is 24.3 Å². The van der Waals surface area contributed by atoms with Crippen LogP contribution in [0.25, 0.3) is 0 Å². The fourth-order valence-corrected chi connectivity index (χ4v) is 1.21. The summed E-state index contributed by atoms with van der Waals surface area (Å²) in [7, 11) is 0. The van der Waals surface area contributed by atoms with Crippen LogP contribution in [0.1, 0.15) is 44.7 Å². The summed E-state index contributed by atoms with van der Waals surface area (Å²) in [6, 6.07) is 8.66. The van der Waals surface area contributed by atoms with E-state index in [1.807, 2.05) is 0 Å². The Morgan fingerprint density at radius 1 is 0.875 bits per heavy atom. The summed E-state index contributed by atoms with van der Waals surface area (Å²) in [5, 5.41) is 0. The van der Waals surface area contributed by atoms with E-state index in [1.165, 1.54) is 11.1 Å². The van der Waals surface area contributed by atoms with Gasteiger partial charge in [-0.05, 0) is 31.7 Å². The summed E-state index contributed by atoms with van der Waals surface area (Å²) in [6.07, 6.45) is 3.42. The fourth-order valence-electron chi connectivity index (χ4n) is 1.21. The molecule has 1 aromatic rings. The van der Waals surface area contributed by atoms with E-state index in [0.29, 0.717) is 0 Å². The molecule has 0 bridgehead atoms. The second-order valence-electron chi connectivity index (χ2n) is 3.95. The Labute approximate surface area is 101 Å². The first-order valence-electron chi connectivity index (χ1n) is 6.37.